The van der Waals surface area contributed by atoms with Gasteiger partial charge in [-0.25, -0.2) is 0 Å². The Hall–Kier alpha value is -1.76. The van der Waals surface area contributed by atoms with Gasteiger partial charge in [0.15, 0.2) is 0 Å². The van der Waals surface area contributed by atoms with Crippen molar-refractivity contribution in [2.24, 2.45) is 0 Å². The van der Waals surface area contributed by atoms with Gasteiger partial charge in [-0.15, -0.1) is 0 Å². The molecule has 0 unspecified atom stereocenters. The molecule has 12 heavy (non-hydrogen) atoms. The third-order valence-corrected chi connectivity index (χ3v) is 1.86. The van der Waals surface area contributed by atoms with Crippen molar-refractivity contribution in [3.8, 4) is 11.8 Å². The van der Waals surface area contributed by atoms with Crippen molar-refractivity contribution >= 4 is 0 Å². The molecule has 0 aliphatic carbocycles. The van der Waals surface area contributed by atoms with Crippen molar-refractivity contribution in [3.05, 3.63) is 27.7 Å². The van der Waals surface area contributed by atoms with E-state index >= 15 is 0 Å². The summed E-state index contributed by atoms with van der Waals surface area (Å²) >= 11 is 0. The highest BCUT2D eigenvalue weighted by atomic mass is 16.5. The SMILES string of the molecule is N#Cc1c[nH]c(=O)c2c1OCC2. The molecule has 1 aromatic heterocycles. The molecule has 0 aromatic carbocycles. The molecule has 1 aliphatic rings. The number of aromatic nitrogens is 1. The molecule has 0 radical (unpaired) electrons. The van der Waals surface area contributed by atoms with Gasteiger partial charge in [0.05, 0.1) is 12.2 Å². The lowest BCUT2D eigenvalue weighted by molar-refractivity contribution is 0.356. The highest BCUT2D eigenvalue weighted by Gasteiger charge is 2.19. The molecule has 0 saturated heterocycles. The minimum Gasteiger partial charge on any atom is -0.491 e. The van der Waals surface area contributed by atoms with Crippen molar-refractivity contribution in [1.82, 2.24) is 4.98 Å². The number of pyridine rings is 1. The Labute approximate surface area is 68.4 Å². The zero-order valence-corrected chi connectivity index (χ0v) is 6.26. The van der Waals surface area contributed by atoms with Gasteiger partial charge in [-0.05, 0) is 0 Å². The van der Waals surface area contributed by atoms with E-state index in [0.29, 0.717) is 29.9 Å². The maximum atomic E-state index is 11.1. The van der Waals surface area contributed by atoms with E-state index in [9.17, 15) is 4.79 Å². The summed E-state index contributed by atoms with van der Waals surface area (Å²) < 4.78 is 5.16. The number of nitrogens with one attached hydrogen (secondary N) is 1. The number of rotatable bonds is 0. The van der Waals surface area contributed by atoms with Crippen LogP contribution in [0.5, 0.6) is 5.75 Å². The summed E-state index contributed by atoms with van der Waals surface area (Å²) in [5.41, 5.74) is 0.845. The third-order valence-electron chi connectivity index (χ3n) is 1.86. The lowest BCUT2D eigenvalue weighted by atomic mass is 10.2. The van der Waals surface area contributed by atoms with Crippen LogP contribution in [0.15, 0.2) is 11.0 Å². The van der Waals surface area contributed by atoms with Crippen LogP contribution in [0, 0.1) is 11.3 Å². The number of fused-ring (bicyclic) bond motifs is 1. The Balaban J connectivity index is 2.75. The molecule has 4 nitrogen and oxygen atoms in total. The molecular weight excluding hydrogens is 156 g/mol. The summed E-state index contributed by atoms with van der Waals surface area (Å²) in [6, 6.07) is 1.96. The van der Waals surface area contributed by atoms with Gasteiger partial charge in [0.25, 0.3) is 5.56 Å². The summed E-state index contributed by atoms with van der Waals surface area (Å²) in [7, 11) is 0. The van der Waals surface area contributed by atoms with E-state index in [0.717, 1.165) is 0 Å². The molecular formula is C8H6N2O2. The molecule has 2 rings (SSSR count). The number of ether oxygens (including phenoxy) is 1. The minimum absolute atomic E-state index is 0.151. The average Bonchev–Trinajstić information content (AvgIpc) is 2.54. The lowest BCUT2D eigenvalue weighted by Gasteiger charge is -1.98. The summed E-state index contributed by atoms with van der Waals surface area (Å²) in [6.45, 7) is 0.497. The molecule has 0 fully saturated rings. The first-order chi connectivity index (χ1) is 5.83. The van der Waals surface area contributed by atoms with Gasteiger partial charge in [0, 0.05) is 12.6 Å². The maximum Gasteiger partial charge on any atom is 0.255 e. The Morgan fingerprint density at radius 3 is 3.25 bits per heavy atom. The summed E-state index contributed by atoms with van der Waals surface area (Å²) in [5.74, 6) is 0.459. The number of nitriles is 1. The van der Waals surface area contributed by atoms with Gasteiger partial charge >= 0.3 is 0 Å². The smallest absolute Gasteiger partial charge is 0.255 e. The van der Waals surface area contributed by atoms with Crippen LogP contribution in [0.3, 0.4) is 0 Å². The minimum atomic E-state index is -0.151. The largest absolute Gasteiger partial charge is 0.491 e. The Kier molecular flexibility index (Phi) is 1.37. The highest BCUT2D eigenvalue weighted by Crippen LogP contribution is 2.24. The summed E-state index contributed by atoms with van der Waals surface area (Å²) in [6.07, 6.45) is 1.98. The van der Waals surface area contributed by atoms with Gasteiger partial charge < -0.3 is 9.72 Å². The van der Waals surface area contributed by atoms with Gasteiger partial charge in [0.2, 0.25) is 0 Å². The van der Waals surface area contributed by atoms with Crippen molar-refractivity contribution in [1.29, 1.82) is 5.26 Å². The summed E-state index contributed by atoms with van der Waals surface area (Å²) in [4.78, 5) is 13.6. The van der Waals surface area contributed by atoms with E-state index in [1.54, 1.807) is 0 Å². The molecule has 60 valence electrons. The summed E-state index contributed by atoms with van der Waals surface area (Å²) in [5, 5.41) is 8.64. The standard InChI is InChI=1S/C8H6N2O2/c9-3-5-4-10-8(11)6-1-2-12-7(5)6/h4H,1-2H2,(H,10,11). The van der Waals surface area contributed by atoms with Gasteiger partial charge in [0.1, 0.15) is 17.4 Å². The molecule has 4 heteroatoms. The number of aromatic amines is 1. The predicted molar refractivity (Wildman–Crippen MR) is 41.0 cm³/mol. The predicted octanol–water partition coefficient (Wildman–Crippen LogP) is 0.181. The highest BCUT2D eigenvalue weighted by molar-refractivity contribution is 5.47. The molecule has 1 N–H and O–H groups in total. The van der Waals surface area contributed by atoms with Crippen molar-refractivity contribution in [3.63, 3.8) is 0 Å². The van der Waals surface area contributed by atoms with E-state index in [1.807, 2.05) is 6.07 Å². The van der Waals surface area contributed by atoms with Crippen molar-refractivity contribution in [2.75, 3.05) is 6.61 Å². The number of hydrogen-bond donors (Lipinski definition) is 1. The van der Waals surface area contributed by atoms with Crippen LogP contribution in [0.4, 0.5) is 0 Å². The van der Waals surface area contributed by atoms with Crippen LogP contribution in [0.1, 0.15) is 11.1 Å². The number of H-pyrrole nitrogens is 1. The molecule has 0 spiro atoms. The maximum absolute atomic E-state index is 11.1. The van der Waals surface area contributed by atoms with Crippen LogP contribution < -0.4 is 10.3 Å². The van der Waals surface area contributed by atoms with Crippen LogP contribution in [0.2, 0.25) is 0 Å². The van der Waals surface area contributed by atoms with Crippen molar-refractivity contribution in [2.45, 2.75) is 6.42 Å². The van der Waals surface area contributed by atoms with Gasteiger partial charge in [-0.3, -0.25) is 4.79 Å². The normalized spacial score (nSPS) is 13.2. The Bertz CT molecular complexity index is 414. The first-order valence-corrected chi connectivity index (χ1v) is 3.60. The van der Waals surface area contributed by atoms with E-state index in [4.69, 9.17) is 10.00 Å². The number of nitrogens with zero attached hydrogens (tertiary/aromatic N) is 1. The van der Waals surface area contributed by atoms with E-state index in [1.165, 1.54) is 6.20 Å². The quantitative estimate of drug-likeness (QED) is 0.591. The zero-order chi connectivity index (χ0) is 8.55. The molecule has 0 bridgehead atoms. The average molecular weight is 162 g/mol. The molecule has 0 saturated carbocycles. The van der Waals surface area contributed by atoms with Crippen LogP contribution >= 0.6 is 0 Å². The van der Waals surface area contributed by atoms with E-state index in [-0.39, 0.29) is 5.56 Å². The van der Waals surface area contributed by atoms with Crippen LogP contribution in [-0.4, -0.2) is 11.6 Å². The fourth-order valence-electron chi connectivity index (χ4n) is 1.29. The van der Waals surface area contributed by atoms with E-state index in [2.05, 4.69) is 4.98 Å². The first kappa shape index (κ1) is 6.92. The Morgan fingerprint density at radius 2 is 2.50 bits per heavy atom. The van der Waals surface area contributed by atoms with E-state index < -0.39 is 0 Å². The topological polar surface area (TPSA) is 65.9 Å². The molecule has 2 heterocycles. The second kappa shape index (κ2) is 2.38. The fraction of sp³-hybridized carbons (Fsp3) is 0.250. The van der Waals surface area contributed by atoms with Crippen LogP contribution in [-0.2, 0) is 6.42 Å². The second-order valence-corrected chi connectivity index (χ2v) is 2.55. The molecule has 0 atom stereocenters. The Morgan fingerprint density at radius 1 is 1.67 bits per heavy atom. The first-order valence-electron chi connectivity index (χ1n) is 3.60. The third kappa shape index (κ3) is 0.800. The lowest BCUT2D eigenvalue weighted by Crippen LogP contribution is -2.10. The van der Waals surface area contributed by atoms with Gasteiger partial charge in [-0.1, -0.05) is 0 Å². The molecule has 0 amide bonds. The zero-order valence-electron chi connectivity index (χ0n) is 6.26. The van der Waals surface area contributed by atoms with Crippen molar-refractivity contribution < 1.29 is 4.74 Å². The fourth-order valence-corrected chi connectivity index (χ4v) is 1.29. The monoisotopic (exact) mass is 162 g/mol. The molecule has 1 aliphatic heterocycles. The molecule has 1 aromatic rings. The number of hydrogen-bond acceptors (Lipinski definition) is 3. The second-order valence-electron chi connectivity index (χ2n) is 2.55. The van der Waals surface area contributed by atoms with Gasteiger partial charge in [-0.2, -0.15) is 5.26 Å². The van der Waals surface area contributed by atoms with Crippen LogP contribution in [0.25, 0.3) is 0 Å².